The molecule has 5 nitrogen and oxygen atoms in total. The van der Waals surface area contributed by atoms with E-state index in [-0.39, 0.29) is 5.91 Å². The number of methoxy groups -OCH3 is 1. The summed E-state index contributed by atoms with van der Waals surface area (Å²) in [6, 6.07) is 9.12. The Bertz CT molecular complexity index is 644. The number of anilines is 1. The number of amides is 1. The molecular weight excluding hydrogens is 254 g/mol. The normalized spacial score (nSPS) is 14.1. The van der Waals surface area contributed by atoms with Gasteiger partial charge in [0.1, 0.15) is 11.6 Å². The highest BCUT2D eigenvalue weighted by molar-refractivity contribution is 6.05. The lowest BCUT2D eigenvalue weighted by Crippen LogP contribution is -2.15. The molecule has 0 aliphatic heterocycles. The number of para-hydroxylation sites is 1. The van der Waals surface area contributed by atoms with E-state index in [1.807, 2.05) is 25.2 Å². The van der Waals surface area contributed by atoms with Gasteiger partial charge in [0, 0.05) is 19.0 Å². The van der Waals surface area contributed by atoms with Crippen molar-refractivity contribution in [2.24, 2.45) is 7.05 Å². The van der Waals surface area contributed by atoms with Crippen molar-refractivity contribution in [2.75, 3.05) is 12.4 Å². The van der Waals surface area contributed by atoms with Crippen molar-refractivity contribution < 1.29 is 9.53 Å². The molecule has 5 heteroatoms. The Hall–Kier alpha value is -2.30. The lowest BCUT2D eigenvalue weighted by Gasteiger charge is -2.08. The molecule has 0 radical (unpaired) electrons. The summed E-state index contributed by atoms with van der Waals surface area (Å²) in [6.07, 6.45) is 2.38. The third kappa shape index (κ3) is 2.39. The van der Waals surface area contributed by atoms with E-state index in [2.05, 4.69) is 10.4 Å². The fourth-order valence-electron chi connectivity index (χ4n) is 2.20. The second-order valence-electron chi connectivity index (χ2n) is 5.01. The average molecular weight is 271 g/mol. The number of aromatic nitrogens is 2. The number of aryl methyl sites for hydroxylation is 1. The molecule has 1 saturated carbocycles. The molecule has 0 spiro atoms. The summed E-state index contributed by atoms with van der Waals surface area (Å²) < 4.78 is 6.91. The number of nitrogens with zero attached hydrogens (tertiary/aromatic N) is 2. The summed E-state index contributed by atoms with van der Waals surface area (Å²) in [5, 5.41) is 7.32. The van der Waals surface area contributed by atoms with Gasteiger partial charge in [0.25, 0.3) is 5.91 Å². The molecule has 1 fully saturated rings. The largest absolute Gasteiger partial charge is 0.496 e. The van der Waals surface area contributed by atoms with E-state index >= 15 is 0 Å². The van der Waals surface area contributed by atoms with Crippen LogP contribution in [0.3, 0.4) is 0 Å². The highest BCUT2D eigenvalue weighted by Crippen LogP contribution is 2.39. The van der Waals surface area contributed by atoms with Crippen LogP contribution in [0, 0.1) is 0 Å². The molecule has 1 aliphatic carbocycles. The molecule has 1 amide bonds. The molecule has 1 heterocycles. The van der Waals surface area contributed by atoms with Gasteiger partial charge in [-0.05, 0) is 25.0 Å². The van der Waals surface area contributed by atoms with Crippen molar-refractivity contribution in [1.29, 1.82) is 0 Å². The number of rotatable bonds is 4. The van der Waals surface area contributed by atoms with E-state index in [1.54, 1.807) is 23.9 Å². The number of carbonyl (C=O) groups excluding carboxylic acids is 1. The van der Waals surface area contributed by atoms with E-state index < -0.39 is 0 Å². The van der Waals surface area contributed by atoms with Gasteiger partial charge in [0.05, 0.1) is 18.4 Å². The lowest BCUT2D eigenvalue weighted by molar-refractivity contribution is 0.102. The van der Waals surface area contributed by atoms with E-state index in [1.165, 1.54) is 12.8 Å². The van der Waals surface area contributed by atoms with Gasteiger partial charge in [-0.1, -0.05) is 12.1 Å². The average Bonchev–Trinajstić information content (AvgIpc) is 3.25. The van der Waals surface area contributed by atoms with Gasteiger partial charge in [-0.2, -0.15) is 5.10 Å². The maximum Gasteiger partial charge on any atom is 0.260 e. The second-order valence-corrected chi connectivity index (χ2v) is 5.01. The first-order chi connectivity index (χ1) is 9.69. The third-order valence-corrected chi connectivity index (χ3v) is 3.49. The van der Waals surface area contributed by atoms with Gasteiger partial charge < -0.3 is 10.1 Å². The Kier molecular flexibility index (Phi) is 3.18. The number of hydrogen-bond donors (Lipinski definition) is 1. The van der Waals surface area contributed by atoms with Gasteiger partial charge in [0.15, 0.2) is 0 Å². The fraction of sp³-hybridized carbons (Fsp3) is 0.333. The van der Waals surface area contributed by atoms with Crippen LogP contribution in [-0.4, -0.2) is 22.8 Å². The molecule has 0 bridgehead atoms. The predicted molar refractivity (Wildman–Crippen MR) is 76.1 cm³/mol. The van der Waals surface area contributed by atoms with Crippen LogP contribution in [0.1, 0.15) is 34.8 Å². The van der Waals surface area contributed by atoms with Gasteiger partial charge in [-0.3, -0.25) is 9.48 Å². The Morgan fingerprint density at radius 2 is 2.15 bits per heavy atom. The number of benzene rings is 1. The first-order valence-corrected chi connectivity index (χ1v) is 6.67. The zero-order chi connectivity index (χ0) is 14.1. The molecule has 1 N–H and O–H groups in total. The Labute approximate surface area is 117 Å². The van der Waals surface area contributed by atoms with Crippen LogP contribution in [0.2, 0.25) is 0 Å². The summed E-state index contributed by atoms with van der Waals surface area (Å²) in [6.45, 7) is 0. The predicted octanol–water partition coefficient (Wildman–Crippen LogP) is 2.56. The second kappa shape index (κ2) is 5.00. The van der Waals surface area contributed by atoms with Crippen molar-refractivity contribution in [1.82, 2.24) is 9.78 Å². The number of ether oxygens (including phenoxy) is 1. The molecule has 3 rings (SSSR count). The molecule has 0 unspecified atom stereocenters. The number of hydrogen-bond acceptors (Lipinski definition) is 3. The van der Waals surface area contributed by atoms with E-state index in [0.717, 1.165) is 5.69 Å². The third-order valence-electron chi connectivity index (χ3n) is 3.49. The molecular formula is C15H17N3O2. The van der Waals surface area contributed by atoms with Crippen LogP contribution in [0.25, 0.3) is 0 Å². The molecule has 0 atom stereocenters. The van der Waals surface area contributed by atoms with Gasteiger partial charge in [0.2, 0.25) is 0 Å². The molecule has 20 heavy (non-hydrogen) atoms. The van der Waals surface area contributed by atoms with Crippen LogP contribution in [0.15, 0.2) is 30.3 Å². The van der Waals surface area contributed by atoms with Gasteiger partial charge in [-0.15, -0.1) is 0 Å². The molecule has 104 valence electrons. The SMILES string of the molecule is COc1ccccc1C(=O)Nc1cc(C2CC2)nn1C. The Balaban J connectivity index is 1.81. The van der Waals surface area contributed by atoms with E-state index in [0.29, 0.717) is 23.0 Å². The molecule has 1 aliphatic rings. The molecule has 2 aromatic rings. The van der Waals surface area contributed by atoms with Crippen molar-refractivity contribution >= 4 is 11.7 Å². The monoisotopic (exact) mass is 271 g/mol. The minimum absolute atomic E-state index is 0.187. The number of carbonyl (C=O) groups is 1. The van der Waals surface area contributed by atoms with Gasteiger partial charge >= 0.3 is 0 Å². The van der Waals surface area contributed by atoms with Crippen molar-refractivity contribution in [2.45, 2.75) is 18.8 Å². The van der Waals surface area contributed by atoms with Crippen LogP contribution < -0.4 is 10.1 Å². The first kappa shape index (κ1) is 12.7. The number of nitrogens with one attached hydrogen (secondary N) is 1. The Morgan fingerprint density at radius 1 is 1.40 bits per heavy atom. The maximum absolute atomic E-state index is 12.3. The zero-order valence-corrected chi connectivity index (χ0v) is 11.6. The van der Waals surface area contributed by atoms with Crippen LogP contribution >= 0.6 is 0 Å². The Morgan fingerprint density at radius 3 is 2.85 bits per heavy atom. The minimum atomic E-state index is -0.187. The quantitative estimate of drug-likeness (QED) is 0.929. The van der Waals surface area contributed by atoms with Crippen LogP contribution in [-0.2, 0) is 7.05 Å². The zero-order valence-electron chi connectivity index (χ0n) is 11.6. The van der Waals surface area contributed by atoms with Crippen LogP contribution in [0.5, 0.6) is 5.75 Å². The lowest BCUT2D eigenvalue weighted by atomic mass is 10.2. The minimum Gasteiger partial charge on any atom is -0.496 e. The van der Waals surface area contributed by atoms with Crippen molar-refractivity contribution in [3.63, 3.8) is 0 Å². The summed E-state index contributed by atoms with van der Waals surface area (Å²) in [5.74, 6) is 1.66. The topological polar surface area (TPSA) is 56.1 Å². The summed E-state index contributed by atoms with van der Waals surface area (Å²) in [5.41, 5.74) is 1.58. The molecule has 1 aromatic carbocycles. The first-order valence-electron chi connectivity index (χ1n) is 6.67. The van der Waals surface area contributed by atoms with E-state index in [9.17, 15) is 4.79 Å². The molecule has 0 saturated heterocycles. The summed E-state index contributed by atoms with van der Waals surface area (Å²) in [4.78, 5) is 12.3. The summed E-state index contributed by atoms with van der Waals surface area (Å²) >= 11 is 0. The highest BCUT2D eigenvalue weighted by atomic mass is 16.5. The highest BCUT2D eigenvalue weighted by Gasteiger charge is 2.27. The molecule has 1 aromatic heterocycles. The fourth-order valence-corrected chi connectivity index (χ4v) is 2.20. The van der Waals surface area contributed by atoms with E-state index in [4.69, 9.17) is 4.74 Å². The standard InChI is InChI=1S/C15H17N3O2/c1-18-14(9-12(17-18)10-7-8-10)16-15(19)11-5-3-4-6-13(11)20-2/h3-6,9-10H,7-8H2,1-2H3,(H,16,19). The van der Waals surface area contributed by atoms with Gasteiger partial charge in [-0.25, -0.2) is 0 Å². The maximum atomic E-state index is 12.3. The summed E-state index contributed by atoms with van der Waals surface area (Å²) in [7, 11) is 3.39. The van der Waals surface area contributed by atoms with Crippen molar-refractivity contribution in [3.8, 4) is 5.75 Å². The smallest absolute Gasteiger partial charge is 0.260 e. The van der Waals surface area contributed by atoms with Crippen LogP contribution in [0.4, 0.5) is 5.82 Å². The van der Waals surface area contributed by atoms with Crippen molar-refractivity contribution in [3.05, 3.63) is 41.6 Å².